The number of aromatic nitrogens is 2. The van der Waals surface area contributed by atoms with Crippen molar-refractivity contribution in [1.82, 2.24) is 10.2 Å². The number of anilines is 1. The fourth-order valence-corrected chi connectivity index (χ4v) is 3.32. The Labute approximate surface area is 139 Å². The Morgan fingerprint density at radius 3 is 2.79 bits per heavy atom. The van der Waals surface area contributed by atoms with Gasteiger partial charge in [0.1, 0.15) is 5.82 Å². The van der Waals surface area contributed by atoms with Crippen LogP contribution in [0.3, 0.4) is 0 Å². The quantitative estimate of drug-likeness (QED) is 0.778. The highest BCUT2D eigenvalue weighted by Crippen LogP contribution is 2.30. The number of fused-ring (bicyclic) bond motifs is 1. The van der Waals surface area contributed by atoms with Gasteiger partial charge < -0.3 is 10.0 Å². The third-order valence-electron chi connectivity index (χ3n) is 4.43. The number of hydrogen-bond acceptors (Lipinski definition) is 3. The molecular formula is C19H18FN3O. The number of aromatic amines is 1. The minimum Gasteiger partial charge on any atom is -0.391 e. The van der Waals surface area contributed by atoms with Gasteiger partial charge in [0.05, 0.1) is 18.0 Å². The molecule has 0 spiro atoms. The van der Waals surface area contributed by atoms with Gasteiger partial charge in [0.25, 0.3) is 0 Å². The summed E-state index contributed by atoms with van der Waals surface area (Å²) in [6.45, 7) is 1.22. The van der Waals surface area contributed by atoms with Crippen molar-refractivity contribution in [3.8, 4) is 11.3 Å². The number of rotatable bonds is 3. The van der Waals surface area contributed by atoms with Crippen molar-refractivity contribution in [2.75, 3.05) is 11.4 Å². The van der Waals surface area contributed by atoms with Crippen LogP contribution in [-0.2, 0) is 13.0 Å². The molecular weight excluding hydrogens is 305 g/mol. The van der Waals surface area contributed by atoms with Crippen molar-refractivity contribution in [1.29, 1.82) is 0 Å². The van der Waals surface area contributed by atoms with Crippen molar-refractivity contribution >= 4 is 5.69 Å². The van der Waals surface area contributed by atoms with Gasteiger partial charge in [-0.05, 0) is 35.9 Å². The van der Waals surface area contributed by atoms with Crippen molar-refractivity contribution in [2.45, 2.75) is 19.1 Å². The lowest BCUT2D eigenvalue weighted by atomic mass is 9.99. The first kappa shape index (κ1) is 14.9. The second kappa shape index (κ2) is 6.09. The maximum Gasteiger partial charge on any atom is 0.123 e. The summed E-state index contributed by atoms with van der Waals surface area (Å²) in [6, 6.07) is 14.5. The fourth-order valence-electron chi connectivity index (χ4n) is 3.32. The number of β-amino-alcohol motifs (C(OH)–C–C–N with tert-alkyl or cyclic N) is 1. The molecule has 0 saturated carbocycles. The summed E-state index contributed by atoms with van der Waals surface area (Å²) in [4.78, 5) is 2.17. The summed E-state index contributed by atoms with van der Waals surface area (Å²) < 4.78 is 13.1. The Morgan fingerprint density at radius 1 is 1.17 bits per heavy atom. The van der Waals surface area contributed by atoms with Crippen LogP contribution in [0.25, 0.3) is 11.3 Å². The average Bonchev–Trinajstić information content (AvgIpc) is 3.03. The molecule has 0 saturated heterocycles. The Balaban J connectivity index is 1.65. The van der Waals surface area contributed by atoms with E-state index in [0.717, 1.165) is 28.1 Å². The smallest absolute Gasteiger partial charge is 0.123 e. The van der Waals surface area contributed by atoms with Crippen LogP contribution in [0.15, 0.2) is 54.7 Å². The second-order valence-electron chi connectivity index (χ2n) is 6.14. The molecule has 2 heterocycles. The minimum atomic E-state index is -0.374. The van der Waals surface area contributed by atoms with Gasteiger partial charge in [-0.15, -0.1) is 0 Å². The summed E-state index contributed by atoms with van der Waals surface area (Å²) in [6.07, 6.45) is 2.10. The molecule has 5 heteroatoms. The molecule has 24 heavy (non-hydrogen) atoms. The second-order valence-corrected chi connectivity index (χ2v) is 6.14. The zero-order valence-corrected chi connectivity index (χ0v) is 13.1. The predicted molar refractivity (Wildman–Crippen MR) is 91.2 cm³/mol. The molecule has 0 radical (unpaired) electrons. The topological polar surface area (TPSA) is 52.1 Å². The molecule has 0 fully saturated rings. The zero-order valence-electron chi connectivity index (χ0n) is 13.1. The van der Waals surface area contributed by atoms with Crippen molar-refractivity contribution < 1.29 is 9.50 Å². The van der Waals surface area contributed by atoms with Gasteiger partial charge in [-0.3, -0.25) is 5.10 Å². The van der Waals surface area contributed by atoms with Crippen LogP contribution in [0.4, 0.5) is 10.1 Å². The van der Waals surface area contributed by atoms with Gasteiger partial charge in [-0.1, -0.05) is 18.2 Å². The number of nitrogens with one attached hydrogen (secondary N) is 1. The molecule has 3 aromatic rings. The van der Waals surface area contributed by atoms with E-state index < -0.39 is 0 Å². The number of para-hydroxylation sites is 1. The lowest BCUT2D eigenvalue weighted by molar-refractivity contribution is 0.174. The van der Waals surface area contributed by atoms with Gasteiger partial charge in [-0.25, -0.2) is 4.39 Å². The molecule has 4 nitrogen and oxygen atoms in total. The van der Waals surface area contributed by atoms with Gasteiger partial charge in [-0.2, -0.15) is 5.10 Å². The number of aliphatic hydroxyl groups excluding tert-OH is 1. The molecule has 1 aliphatic heterocycles. The monoisotopic (exact) mass is 323 g/mol. The first-order valence-electron chi connectivity index (χ1n) is 8.00. The Morgan fingerprint density at radius 2 is 1.96 bits per heavy atom. The molecule has 0 aliphatic carbocycles. The molecule has 1 atom stereocenters. The van der Waals surface area contributed by atoms with E-state index in [1.807, 2.05) is 12.1 Å². The van der Waals surface area contributed by atoms with Crippen LogP contribution in [-0.4, -0.2) is 28.0 Å². The van der Waals surface area contributed by atoms with Crippen molar-refractivity contribution in [3.63, 3.8) is 0 Å². The Kier molecular flexibility index (Phi) is 3.78. The number of hydrogen-bond donors (Lipinski definition) is 2. The number of halogens is 1. The van der Waals surface area contributed by atoms with E-state index in [-0.39, 0.29) is 11.9 Å². The van der Waals surface area contributed by atoms with E-state index in [0.29, 0.717) is 19.5 Å². The number of H-pyrrole nitrogens is 1. The summed E-state index contributed by atoms with van der Waals surface area (Å²) in [5, 5.41) is 17.3. The zero-order chi connectivity index (χ0) is 16.5. The van der Waals surface area contributed by atoms with Crippen molar-refractivity contribution in [2.24, 2.45) is 0 Å². The van der Waals surface area contributed by atoms with Gasteiger partial charge in [0.15, 0.2) is 0 Å². The fraction of sp³-hybridized carbons (Fsp3) is 0.211. The Bertz CT molecular complexity index is 844. The minimum absolute atomic E-state index is 0.257. The van der Waals surface area contributed by atoms with Crippen molar-refractivity contribution in [3.05, 3.63) is 71.7 Å². The SMILES string of the molecule is OC1Cc2ccccc2N(Cc2cn[nH]c2-c2ccc(F)cc2)C1. The Hall–Kier alpha value is -2.66. The number of aliphatic hydroxyl groups is 1. The lowest BCUT2D eigenvalue weighted by Gasteiger charge is -2.34. The van der Waals surface area contributed by atoms with E-state index in [1.54, 1.807) is 18.3 Å². The first-order chi connectivity index (χ1) is 11.7. The number of benzene rings is 2. The normalized spacial score (nSPS) is 16.9. The molecule has 2 aromatic carbocycles. The summed E-state index contributed by atoms with van der Waals surface area (Å²) in [7, 11) is 0. The van der Waals surface area contributed by atoms with E-state index >= 15 is 0 Å². The highest BCUT2D eigenvalue weighted by atomic mass is 19.1. The van der Waals surface area contributed by atoms with E-state index in [4.69, 9.17) is 0 Å². The van der Waals surface area contributed by atoms with Crippen LogP contribution >= 0.6 is 0 Å². The molecule has 1 aromatic heterocycles. The third kappa shape index (κ3) is 2.78. The largest absolute Gasteiger partial charge is 0.391 e. The molecule has 1 unspecified atom stereocenters. The van der Waals surface area contributed by atoms with E-state index in [9.17, 15) is 9.50 Å². The molecule has 0 amide bonds. The summed E-state index contributed by atoms with van der Waals surface area (Å²) in [5.41, 5.74) is 5.10. The van der Waals surface area contributed by atoms with Gasteiger partial charge >= 0.3 is 0 Å². The molecule has 1 aliphatic rings. The van der Waals surface area contributed by atoms with Crippen LogP contribution in [0, 0.1) is 5.82 Å². The standard InChI is InChI=1S/C19H18FN3O/c20-16-7-5-13(6-8-16)19-15(10-21-22-19)11-23-12-17(24)9-14-3-1-2-4-18(14)23/h1-8,10,17,24H,9,11-12H2,(H,21,22). The third-order valence-corrected chi connectivity index (χ3v) is 4.43. The first-order valence-corrected chi connectivity index (χ1v) is 8.00. The predicted octanol–water partition coefficient (Wildman–Crippen LogP) is 3.14. The molecule has 122 valence electrons. The lowest BCUT2D eigenvalue weighted by Crippen LogP contribution is -2.38. The molecule has 0 bridgehead atoms. The number of nitrogens with zero attached hydrogens (tertiary/aromatic N) is 2. The van der Waals surface area contributed by atoms with E-state index in [2.05, 4.69) is 27.2 Å². The maximum atomic E-state index is 13.1. The van der Waals surface area contributed by atoms with Crippen LogP contribution in [0.1, 0.15) is 11.1 Å². The summed E-state index contributed by atoms with van der Waals surface area (Å²) in [5.74, 6) is -0.257. The van der Waals surface area contributed by atoms with Gasteiger partial charge in [0.2, 0.25) is 0 Å². The van der Waals surface area contributed by atoms with Crippen LogP contribution < -0.4 is 4.90 Å². The maximum absolute atomic E-state index is 13.1. The average molecular weight is 323 g/mol. The van der Waals surface area contributed by atoms with Gasteiger partial charge in [0, 0.05) is 36.3 Å². The highest BCUT2D eigenvalue weighted by molar-refractivity contribution is 5.64. The molecule has 2 N–H and O–H groups in total. The van der Waals surface area contributed by atoms with Crippen LogP contribution in [0.2, 0.25) is 0 Å². The molecule has 4 rings (SSSR count). The van der Waals surface area contributed by atoms with E-state index in [1.165, 1.54) is 12.1 Å². The van der Waals surface area contributed by atoms with Crippen LogP contribution in [0.5, 0.6) is 0 Å². The highest BCUT2D eigenvalue weighted by Gasteiger charge is 2.23. The summed E-state index contributed by atoms with van der Waals surface area (Å²) >= 11 is 0.